The summed E-state index contributed by atoms with van der Waals surface area (Å²) in [7, 11) is 0. The van der Waals surface area contributed by atoms with E-state index in [0.717, 1.165) is 0 Å². The average molecular weight is 299 g/mol. The van der Waals surface area contributed by atoms with Gasteiger partial charge in [0.05, 0.1) is 0 Å². The van der Waals surface area contributed by atoms with Gasteiger partial charge in [-0.2, -0.15) is 0 Å². The maximum atomic E-state index is 9.70. The van der Waals surface area contributed by atoms with Gasteiger partial charge >= 0.3 is 69.3 Å². The van der Waals surface area contributed by atoms with Crippen molar-refractivity contribution in [2.75, 3.05) is 6.54 Å². The summed E-state index contributed by atoms with van der Waals surface area (Å²) < 4.78 is 0.417. The topological polar surface area (TPSA) is 101 Å². The maximum absolute atomic E-state index is 9.70. The first kappa shape index (κ1) is 15.0. The second-order valence-electron chi connectivity index (χ2n) is 1.93. The molecule has 0 aromatic rings. The fourth-order valence-corrected chi connectivity index (χ4v) is 0.253. The zero-order chi connectivity index (χ0) is 9.98. The Morgan fingerprint density at radius 1 is 1.25 bits per heavy atom. The van der Waals surface area contributed by atoms with Crippen LogP contribution in [0.1, 0.15) is 12.8 Å². The monoisotopic (exact) mass is 300 g/mol. The molecule has 0 saturated carbocycles. The number of carboxylic acids is 2. The molecule has 0 amide bonds. The van der Waals surface area contributed by atoms with Crippen molar-refractivity contribution in [1.82, 2.24) is 0 Å². The van der Waals surface area contributed by atoms with Crippen LogP contribution in [-0.4, -0.2) is 75.2 Å². The van der Waals surface area contributed by atoms with Crippen molar-refractivity contribution in [3.63, 3.8) is 0 Å². The van der Waals surface area contributed by atoms with E-state index in [9.17, 15) is 9.59 Å². The third-order valence-electron chi connectivity index (χ3n) is 0.809. The standard InChI is InChI=1S/C4H9NO2.C2H3O2.Ba/c5-3-1-2-4(6)7;1-2(3)4;/h1-3,5H2,(H,6,7);1H2,(H,3,4);/q;;+2. The molecule has 0 unspecified atom stereocenters. The molecular formula is C6H12BaNO4+2. The van der Waals surface area contributed by atoms with Crippen LogP contribution in [0.5, 0.6) is 0 Å². The molecule has 0 aliphatic rings. The van der Waals surface area contributed by atoms with Crippen molar-refractivity contribution < 1.29 is 19.8 Å². The van der Waals surface area contributed by atoms with Crippen molar-refractivity contribution in [3.05, 3.63) is 0 Å². The molecule has 6 heteroatoms. The van der Waals surface area contributed by atoms with E-state index in [4.69, 9.17) is 15.9 Å². The van der Waals surface area contributed by atoms with E-state index < -0.39 is 11.9 Å². The van der Waals surface area contributed by atoms with Gasteiger partial charge in [0.1, 0.15) is 0 Å². The number of hydrogen-bond donors (Lipinski definition) is 3. The van der Waals surface area contributed by atoms with Crippen molar-refractivity contribution in [2.24, 2.45) is 5.73 Å². The summed E-state index contributed by atoms with van der Waals surface area (Å²) in [4.78, 5) is 19.1. The number of carbonyl (C=O) groups is 2. The summed E-state index contributed by atoms with van der Waals surface area (Å²) in [5, 5.41) is 15.8. The van der Waals surface area contributed by atoms with Crippen molar-refractivity contribution in [3.8, 4) is 0 Å². The molecule has 65 valence electrons. The molecule has 0 aliphatic heterocycles. The van der Waals surface area contributed by atoms with Crippen LogP contribution in [0.3, 0.4) is 0 Å². The Kier molecular flexibility index (Phi) is 14.3. The molecule has 7 radical (unpaired) electrons. The molecule has 5 nitrogen and oxygen atoms in total. The molecule has 0 aliphatic carbocycles. The van der Waals surface area contributed by atoms with E-state index in [2.05, 4.69) is 0 Å². The number of rotatable bonds is 4. The van der Waals surface area contributed by atoms with Crippen molar-refractivity contribution >= 4 is 58.5 Å². The summed E-state index contributed by atoms with van der Waals surface area (Å²) in [6.45, 7) is 0.465. The van der Waals surface area contributed by atoms with Gasteiger partial charge in [-0.25, -0.2) is 0 Å². The second-order valence-corrected chi connectivity index (χ2v) is 3.50. The Bertz CT molecular complexity index is 140. The van der Waals surface area contributed by atoms with Crippen LogP contribution < -0.4 is 5.73 Å². The predicted molar refractivity (Wildman–Crippen MR) is 44.1 cm³/mol. The fraction of sp³-hybridized carbons (Fsp3) is 0.667. The molecule has 0 fully saturated rings. The SMILES string of the molecule is NCCCC(=O)O.O=C(O)[CH2][Ba+2]. The Morgan fingerprint density at radius 3 is 1.75 bits per heavy atom. The van der Waals surface area contributed by atoms with E-state index in [1.54, 1.807) is 0 Å². The Balaban J connectivity index is 0. The fourth-order valence-electron chi connectivity index (χ4n) is 0.253. The third kappa shape index (κ3) is 22.4. The van der Waals surface area contributed by atoms with E-state index in [-0.39, 0.29) is 6.42 Å². The predicted octanol–water partition coefficient (Wildman–Crippen LogP) is -0.532. The second kappa shape index (κ2) is 11.5. The van der Waals surface area contributed by atoms with Crippen LogP contribution in [0.15, 0.2) is 0 Å². The molecule has 0 aromatic heterocycles. The van der Waals surface area contributed by atoms with Gasteiger partial charge in [0, 0.05) is 6.42 Å². The van der Waals surface area contributed by atoms with Crippen molar-refractivity contribution in [2.45, 2.75) is 13.7 Å². The van der Waals surface area contributed by atoms with Gasteiger partial charge in [0.15, 0.2) is 0 Å². The van der Waals surface area contributed by atoms with E-state index in [1.165, 1.54) is 0 Å². The van der Waals surface area contributed by atoms with Crippen LogP contribution in [-0.2, 0) is 9.59 Å². The molecular weight excluding hydrogens is 287 g/mol. The van der Waals surface area contributed by atoms with Crippen LogP contribution in [0.25, 0.3) is 0 Å². The number of nitrogens with two attached hydrogens (primary N) is 1. The molecule has 0 aromatic carbocycles. The summed E-state index contributed by atoms with van der Waals surface area (Å²) in [5.74, 6) is -1.43. The molecule has 0 rings (SSSR count). The molecule has 0 spiro atoms. The third-order valence-corrected chi connectivity index (χ3v) is 2.15. The van der Waals surface area contributed by atoms with E-state index in [0.29, 0.717) is 60.4 Å². The molecule has 0 heterocycles. The summed E-state index contributed by atoms with van der Waals surface area (Å²) in [5.41, 5.74) is 5.01. The van der Waals surface area contributed by atoms with Crippen molar-refractivity contribution in [1.29, 1.82) is 0 Å². The summed E-state index contributed by atoms with van der Waals surface area (Å²) in [6.07, 6.45) is 0.770. The van der Waals surface area contributed by atoms with Crippen LogP contribution in [0.4, 0.5) is 0 Å². The van der Waals surface area contributed by atoms with Crippen LogP contribution >= 0.6 is 0 Å². The van der Waals surface area contributed by atoms with Crippen LogP contribution in [0.2, 0.25) is 0.889 Å². The van der Waals surface area contributed by atoms with Gasteiger partial charge in [0.2, 0.25) is 0 Å². The number of carboxylic acid groups (broad SMARTS) is 2. The average Bonchev–Trinajstić information content (AvgIpc) is 2.02. The molecule has 4 N–H and O–H groups in total. The van der Waals surface area contributed by atoms with E-state index in [1.807, 2.05) is 0 Å². The molecule has 12 heavy (non-hydrogen) atoms. The van der Waals surface area contributed by atoms with Gasteiger partial charge in [-0.3, -0.25) is 4.79 Å². The van der Waals surface area contributed by atoms with Gasteiger partial charge < -0.3 is 10.8 Å². The zero-order valence-corrected chi connectivity index (χ0v) is 11.3. The minimum atomic E-state index is -0.773. The number of hydrogen-bond acceptors (Lipinski definition) is 3. The Morgan fingerprint density at radius 2 is 1.67 bits per heavy atom. The van der Waals surface area contributed by atoms with Gasteiger partial charge in [-0.15, -0.1) is 0 Å². The van der Waals surface area contributed by atoms with E-state index >= 15 is 0 Å². The zero-order valence-electron chi connectivity index (χ0n) is 6.82. The Labute approximate surface area is 103 Å². The quantitative estimate of drug-likeness (QED) is 0.606. The first-order valence-corrected chi connectivity index (χ1v) is 6.61. The summed E-state index contributed by atoms with van der Waals surface area (Å²) >= 11 is 0.444. The Hall–Kier alpha value is 0.471. The minimum absolute atomic E-state index is 0.191. The molecule has 0 bridgehead atoms. The molecule has 0 atom stereocenters. The molecule has 0 saturated heterocycles. The van der Waals surface area contributed by atoms with Gasteiger partial charge in [-0.05, 0) is 13.0 Å². The van der Waals surface area contributed by atoms with Gasteiger partial charge in [0.25, 0.3) is 0 Å². The first-order chi connectivity index (χ1) is 5.54. The number of aliphatic carboxylic acids is 2. The van der Waals surface area contributed by atoms with Gasteiger partial charge in [-0.1, -0.05) is 0 Å². The summed E-state index contributed by atoms with van der Waals surface area (Å²) in [6, 6.07) is 0. The van der Waals surface area contributed by atoms with Crippen LogP contribution in [0, 0.1) is 0 Å². The normalized spacial score (nSPS) is 8.17. The first-order valence-electron chi connectivity index (χ1n) is 3.47.